The van der Waals surface area contributed by atoms with E-state index >= 15 is 0 Å². The van der Waals surface area contributed by atoms with Crippen molar-refractivity contribution in [2.24, 2.45) is 9.98 Å². The lowest BCUT2D eigenvalue weighted by Crippen LogP contribution is -2.22. The number of ether oxygens (including phenoxy) is 1. The zero-order valence-electron chi connectivity index (χ0n) is 12.1. The molecule has 0 N–H and O–H groups in total. The van der Waals surface area contributed by atoms with Crippen molar-refractivity contribution in [2.45, 2.75) is 0 Å². The SMILES string of the molecule is C=NC1=C(C(=NCC=O)OC)CN(c2cccc(Br)c2Cl)C1. The number of carbonyl (C=O) groups excluding carboxylic acids is 1. The van der Waals surface area contributed by atoms with Crippen LogP contribution in [-0.2, 0) is 9.53 Å². The number of aldehydes is 1. The average Bonchev–Trinajstić information content (AvgIpc) is 2.95. The second-order valence-corrected chi connectivity index (χ2v) is 5.76. The molecule has 22 heavy (non-hydrogen) atoms. The summed E-state index contributed by atoms with van der Waals surface area (Å²) in [5.41, 5.74) is 2.47. The Kier molecular flexibility index (Phi) is 5.74. The Balaban J connectivity index is 2.32. The first kappa shape index (κ1) is 16.7. The predicted molar refractivity (Wildman–Crippen MR) is 93.3 cm³/mol. The Bertz CT molecular complexity index is 658. The Labute approximate surface area is 142 Å². The number of hydrogen-bond acceptors (Lipinski definition) is 5. The van der Waals surface area contributed by atoms with Crippen molar-refractivity contribution in [2.75, 3.05) is 31.6 Å². The Morgan fingerprint density at radius 1 is 1.55 bits per heavy atom. The number of hydrogen-bond donors (Lipinski definition) is 0. The van der Waals surface area contributed by atoms with E-state index in [1.165, 1.54) is 7.11 Å². The molecule has 0 aromatic heterocycles. The summed E-state index contributed by atoms with van der Waals surface area (Å²) in [4.78, 5) is 20.7. The Hall–Kier alpha value is -1.66. The number of benzene rings is 1. The maximum Gasteiger partial charge on any atom is 0.215 e. The average molecular weight is 385 g/mol. The van der Waals surface area contributed by atoms with Gasteiger partial charge in [-0.1, -0.05) is 17.7 Å². The maximum absolute atomic E-state index is 10.5. The van der Waals surface area contributed by atoms with E-state index < -0.39 is 0 Å². The van der Waals surface area contributed by atoms with Crippen LogP contribution < -0.4 is 4.90 Å². The van der Waals surface area contributed by atoms with Gasteiger partial charge in [0.1, 0.15) is 6.29 Å². The number of methoxy groups -OCH3 is 1. The molecule has 1 aliphatic heterocycles. The molecule has 1 aliphatic rings. The van der Waals surface area contributed by atoms with Crippen molar-refractivity contribution in [1.29, 1.82) is 0 Å². The van der Waals surface area contributed by atoms with Gasteiger partial charge in [0.2, 0.25) is 5.90 Å². The summed E-state index contributed by atoms with van der Waals surface area (Å²) in [6.07, 6.45) is 0.721. The number of carbonyl (C=O) groups is 1. The predicted octanol–water partition coefficient (Wildman–Crippen LogP) is 3.12. The highest BCUT2D eigenvalue weighted by molar-refractivity contribution is 9.10. The van der Waals surface area contributed by atoms with Crippen LogP contribution in [0.4, 0.5) is 5.69 Å². The number of anilines is 1. The van der Waals surface area contributed by atoms with Gasteiger partial charge in [-0.05, 0) is 34.8 Å². The van der Waals surface area contributed by atoms with Crippen molar-refractivity contribution in [3.8, 4) is 0 Å². The second kappa shape index (κ2) is 7.56. The van der Waals surface area contributed by atoms with Gasteiger partial charge in [0.15, 0.2) is 0 Å². The molecule has 1 heterocycles. The van der Waals surface area contributed by atoms with Crippen LogP contribution >= 0.6 is 27.5 Å². The third-order valence-corrected chi connectivity index (χ3v) is 4.55. The van der Waals surface area contributed by atoms with E-state index in [9.17, 15) is 4.79 Å². The summed E-state index contributed by atoms with van der Waals surface area (Å²) < 4.78 is 6.11. The van der Waals surface area contributed by atoms with Crippen LogP contribution in [0.5, 0.6) is 0 Å². The molecule has 0 atom stereocenters. The van der Waals surface area contributed by atoms with Crippen molar-refractivity contribution in [3.05, 3.63) is 39.0 Å². The summed E-state index contributed by atoms with van der Waals surface area (Å²) in [6.45, 7) is 4.74. The topological polar surface area (TPSA) is 54.3 Å². The maximum atomic E-state index is 10.5. The normalized spacial score (nSPS) is 15.2. The molecule has 2 rings (SSSR count). The lowest BCUT2D eigenvalue weighted by atomic mass is 10.2. The molecular weight excluding hydrogens is 370 g/mol. The van der Waals surface area contributed by atoms with Crippen LogP contribution in [0.15, 0.2) is 43.9 Å². The smallest absolute Gasteiger partial charge is 0.215 e. The van der Waals surface area contributed by atoms with E-state index in [4.69, 9.17) is 16.3 Å². The standard InChI is InChI=1S/C15H15BrClN3O2/c1-18-12-9-20(13-5-3-4-11(16)14(13)17)8-10(12)15(22-2)19-6-7-21/h3-5,7H,1,6,8-9H2,2H3. The van der Waals surface area contributed by atoms with E-state index in [1.807, 2.05) is 18.2 Å². The lowest BCUT2D eigenvalue weighted by molar-refractivity contribution is -0.106. The molecular formula is C15H15BrClN3O2. The van der Waals surface area contributed by atoms with Gasteiger partial charge >= 0.3 is 0 Å². The van der Waals surface area contributed by atoms with E-state index in [0.717, 1.165) is 27.7 Å². The number of halogens is 2. The van der Waals surface area contributed by atoms with E-state index in [2.05, 4.69) is 37.5 Å². The van der Waals surface area contributed by atoms with Crippen molar-refractivity contribution in [3.63, 3.8) is 0 Å². The highest BCUT2D eigenvalue weighted by Crippen LogP contribution is 2.35. The van der Waals surface area contributed by atoms with Crippen LogP contribution in [0.25, 0.3) is 0 Å². The zero-order chi connectivity index (χ0) is 16.1. The number of nitrogens with zero attached hydrogens (tertiary/aromatic N) is 3. The minimum absolute atomic E-state index is 0.0503. The molecule has 0 fully saturated rings. The van der Waals surface area contributed by atoms with Crippen LogP contribution in [0.3, 0.4) is 0 Å². The number of rotatable bonds is 5. The fourth-order valence-corrected chi connectivity index (χ4v) is 2.86. The molecule has 0 aliphatic carbocycles. The first-order chi connectivity index (χ1) is 10.6. The third-order valence-electron chi connectivity index (χ3n) is 3.26. The summed E-state index contributed by atoms with van der Waals surface area (Å²) in [6, 6.07) is 5.74. The molecule has 0 saturated heterocycles. The molecule has 0 unspecified atom stereocenters. The molecule has 0 spiro atoms. The molecule has 7 heteroatoms. The molecule has 0 bridgehead atoms. The zero-order valence-corrected chi connectivity index (χ0v) is 14.4. The molecule has 116 valence electrons. The minimum atomic E-state index is 0.0503. The summed E-state index contributed by atoms with van der Waals surface area (Å²) in [7, 11) is 1.52. The minimum Gasteiger partial charge on any atom is -0.481 e. The molecule has 0 amide bonds. The van der Waals surface area contributed by atoms with Gasteiger partial charge in [0.25, 0.3) is 0 Å². The largest absolute Gasteiger partial charge is 0.481 e. The first-order valence-corrected chi connectivity index (χ1v) is 7.69. The van der Waals surface area contributed by atoms with Gasteiger partial charge in [-0.2, -0.15) is 0 Å². The fourth-order valence-electron chi connectivity index (χ4n) is 2.26. The molecule has 0 saturated carbocycles. The Morgan fingerprint density at radius 3 is 2.95 bits per heavy atom. The Morgan fingerprint density at radius 2 is 2.32 bits per heavy atom. The summed E-state index contributed by atoms with van der Waals surface area (Å²) in [5.74, 6) is 0.406. The number of aliphatic imine (C=N–C) groups is 2. The van der Waals surface area contributed by atoms with Crippen LogP contribution in [0.1, 0.15) is 0 Å². The van der Waals surface area contributed by atoms with Gasteiger partial charge in [-0.25, -0.2) is 4.99 Å². The molecule has 5 nitrogen and oxygen atoms in total. The highest BCUT2D eigenvalue weighted by Gasteiger charge is 2.27. The van der Waals surface area contributed by atoms with Crippen LogP contribution in [0.2, 0.25) is 5.02 Å². The highest BCUT2D eigenvalue weighted by atomic mass is 79.9. The van der Waals surface area contributed by atoms with E-state index in [1.54, 1.807) is 0 Å². The molecule has 0 radical (unpaired) electrons. The molecule has 1 aromatic rings. The van der Waals surface area contributed by atoms with Crippen molar-refractivity contribution >= 4 is 52.1 Å². The van der Waals surface area contributed by atoms with Crippen LogP contribution in [0, 0.1) is 0 Å². The van der Waals surface area contributed by atoms with Gasteiger partial charge in [0.05, 0.1) is 48.7 Å². The van der Waals surface area contributed by atoms with Gasteiger partial charge in [-0.15, -0.1) is 0 Å². The second-order valence-electron chi connectivity index (χ2n) is 4.53. The monoisotopic (exact) mass is 383 g/mol. The van der Waals surface area contributed by atoms with Gasteiger partial charge < -0.3 is 14.4 Å². The lowest BCUT2D eigenvalue weighted by Gasteiger charge is -2.20. The summed E-state index contributed by atoms with van der Waals surface area (Å²) >= 11 is 9.77. The fraction of sp³-hybridized carbons (Fsp3) is 0.267. The van der Waals surface area contributed by atoms with Gasteiger partial charge in [0, 0.05) is 4.47 Å². The first-order valence-electron chi connectivity index (χ1n) is 6.52. The van der Waals surface area contributed by atoms with Crippen molar-refractivity contribution < 1.29 is 9.53 Å². The molecule has 1 aromatic carbocycles. The van der Waals surface area contributed by atoms with E-state index in [-0.39, 0.29) is 6.54 Å². The van der Waals surface area contributed by atoms with Gasteiger partial charge in [-0.3, -0.25) is 4.99 Å². The summed E-state index contributed by atoms with van der Waals surface area (Å²) in [5, 5.41) is 0.635. The quantitative estimate of drug-likeness (QED) is 0.445. The van der Waals surface area contributed by atoms with E-state index in [0.29, 0.717) is 24.0 Å². The van der Waals surface area contributed by atoms with Crippen molar-refractivity contribution in [1.82, 2.24) is 0 Å². The third kappa shape index (κ3) is 3.39. The van der Waals surface area contributed by atoms with Crippen LogP contribution in [-0.4, -0.2) is 45.6 Å².